The number of carboxylic acids is 3. The normalized spacial score (nSPS) is 10.3. The Labute approximate surface area is 115 Å². The van der Waals surface area contributed by atoms with Gasteiger partial charge in [-0.05, 0) is 6.42 Å². The third-order valence-corrected chi connectivity index (χ3v) is 2.29. The first-order valence-electron chi connectivity index (χ1n) is 5.65. The van der Waals surface area contributed by atoms with E-state index in [9.17, 15) is 14.4 Å². The van der Waals surface area contributed by atoms with Gasteiger partial charge in [0.2, 0.25) is 0 Å². The summed E-state index contributed by atoms with van der Waals surface area (Å²) >= 11 is 5.38. The molecule has 0 saturated carbocycles. The number of hydrogen-bond acceptors (Lipinski definition) is 4. The van der Waals surface area contributed by atoms with Gasteiger partial charge >= 0.3 is 17.9 Å². The van der Waals surface area contributed by atoms with Crippen LogP contribution in [-0.2, 0) is 14.4 Å². The van der Waals surface area contributed by atoms with Gasteiger partial charge in [0, 0.05) is 5.88 Å². The molecule has 0 fully saturated rings. The van der Waals surface area contributed by atoms with Crippen LogP contribution in [0.1, 0.15) is 39.0 Å². The molecule has 7 nitrogen and oxygen atoms in total. The summed E-state index contributed by atoms with van der Waals surface area (Å²) in [4.78, 5) is 30.5. The van der Waals surface area contributed by atoms with Gasteiger partial charge in [0.1, 0.15) is 0 Å². The maximum absolute atomic E-state index is 10.3. The number of rotatable bonds is 8. The molecule has 4 N–H and O–H groups in total. The minimum Gasteiger partial charge on any atom is -0.481 e. The second-order valence-corrected chi connectivity index (χ2v) is 4.25. The maximum atomic E-state index is 10.3. The van der Waals surface area contributed by atoms with Gasteiger partial charge in [-0.3, -0.25) is 9.59 Å². The molecule has 0 rings (SSSR count). The zero-order chi connectivity index (χ0) is 15.5. The van der Waals surface area contributed by atoms with E-state index in [1.54, 1.807) is 0 Å². The van der Waals surface area contributed by atoms with Crippen LogP contribution >= 0.6 is 11.6 Å². The Bertz CT molecular complexity index is 283. The Morgan fingerprint density at radius 1 is 1.00 bits per heavy atom. The van der Waals surface area contributed by atoms with Gasteiger partial charge in [0.25, 0.3) is 0 Å². The summed E-state index contributed by atoms with van der Waals surface area (Å²) in [5, 5.41) is 33.8. The van der Waals surface area contributed by atoms with E-state index in [2.05, 4.69) is 6.92 Å². The molecule has 0 amide bonds. The van der Waals surface area contributed by atoms with E-state index < -0.39 is 36.4 Å². The van der Waals surface area contributed by atoms with Crippen LogP contribution in [0.15, 0.2) is 0 Å². The van der Waals surface area contributed by atoms with Crippen molar-refractivity contribution in [2.75, 3.05) is 5.88 Å². The first-order valence-corrected chi connectivity index (χ1v) is 6.18. The van der Waals surface area contributed by atoms with E-state index in [4.69, 9.17) is 32.0 Å². The van der Waals surface area contributed by atoms with Crippen molar-refractivity contribution >= 4 is 29.5 Å². The molecule has 0 aliphatic rings. The summed E-state index contributed by atoms with van der Waals surface area (Å²) in [6, 6.07) is 0. The first kappa shape index (κ1) is 20.0. The lowest BCUT2D eigenvalue weighted by atomic mass is 9.96. The standard InChI is InChI=1S/C6H8O7.C5H11Cl/c7-3(8)1-6(13,5(11)12)2-4(9)10;1-2-3-4-5-6/h13H,1-2H2,(H,7,8)(H,9,10)(H,11,12);2-5H2,1H3. The lowest BCUT2D eigenvalue weighted by Gasteiger charge is -2.18. The zero-order valence-electron chi connectivity index (χ0n) is 10.6. The van der Waals surface area contributed by atoms with Crippen LogP contribution in [0.2, 0.25) is 0 Å². The highest BCUT2D eigenvalue weighted by molar-refractivity contribution is 6.17. The maximum Gasteiger partial charge on any atom is 0.336 e. The van der Waals surface area contributed by atoms with Crippen LogP contribution in [0.5, 0.6) is 0 Å². The third-order valence-electron chi connectivity index (χ3n) is 2.02. The largest absolute Gasteiger partial charge is 0.481 e. The van der Waals surface area contributed by atoms with Crippen LogP contribution in [0.3, 0.4) is 0 Å². The Hall–Kier alpha value is -1.34. The molecule has 0 heterocycles. The van der Waals surface area contributed by atoms with Gasteiger partial charge in [0.15, 0.2) is 5.60 Å². The van der Waals surface area contributed by atoms with E-state index in [-0.39, 0.29) is 0 Å². The summed E-state index contributed by atoms with van der Waals surface area (Å²) in [6.07, 6.45) is 1.44. The number of hydrogen-bond donors (Lipinski definition) is 4. The van der Waals surface area contributed by atoms with Crippen molar-refractivity contribution in [2.45, 2.75) is 44.6 Å². The van der Waals surface area contributed by atoms with Gasteiger partial charge in [0.05, 0.1) is 12.8 Å². The molecule has 0 atom stereocenters. The van der Waals surface area contributed by atoms with Crippen LogP contribution in [0.4, 0.5) is 0 Å². The van der Waals surface area contributed by atoms with Crippen molar-refractivity contribution in [1.82, 2.24) is 0 Å². The molecule has 0 aromatic heterocycles. The molecular formula is C11H19ClO7. The minimum absolute atomic E-state index is 0.827. The Kier molecular flexibility index (Phi) is 11.1. The number of aliphatic hydroxyl groups is 1. The number of alkyl halides is 1. The number of halogens is 1. The summed E-state index contributed by atoms with van der Waals surface area (Å²) in [5.41, 5.74) is -2.74. The van der Waals surface area contributed by atoms with Crippen molar-refractivity contribution < 1.29 is 34.8 Å². The first-order chi connectivity index (χ1) is 8.69. The van der Waals surface area contributed by atoms with Gasteiger partial charge in [-0.25, -0.2) is 4.79 Å². The fourth-order valence-electron chi connectivity index (χ4n) is 1.06. The fraction of sp³-hybridized carbons (Fsp3) is 0.727. The molecule has 0 aromatic carbocycles. The SMILES string of the molecule is CCCCCCl.O=C(O)CC(O)(CC(=O)O)C(=O)O. The summed E-state index contributed by atoms with van der Waals surface area (Å²) < 4.78 is 0. The molecule has 0 spiro atoms. The van der Waals surface area contributed by atoms with Crippen molar-refractivity contribution in [3.63, 3.8) is 0 Å². The number of carboxylic acid groups (broad SMARTS) is 3. The summed E-state index contributed by atoms with van der Waals surface area (Å²) in [7, 11) is 0. The van der Waals surface area contributed by atoms with E-state index in [0.717, 1.165) is 5.88 Å². The quantitative estimate of drug-likeness (QED) is 0.390. The van der Waals surface area contributed by atoms with Gasteiger partial charge in [-0.1, -0.05) is 19.8 Å². The van der Waals surface area contributed by atoms with Crippen LogP contribution in [0.25, 0.3) is 0 Å². The van der Waals surface area contributed by atoms with Crippen LogP contribution in [-0.4, -0.2) is 49.8 Å². The fourth-order valence-corrected chi connectivity index (χ4v) is 1.25. The van der Waals surface area contributed by atoms with Gasteiger partial charge in [-0.2, -0.15) is 0 Å². The predicted molar refractivity (Wildman–Crippen MR) is 67.3 cm³/mol. The monoisotopic (exact) mass is 298 g/mol. The molecule has 0 aliphatic carbocycles. The van der Waals surface area contributed by atoms with Crippen molar-refractivity contribution in [3.8, 4) is 0 Å². The average Bonchev–Trinajstić information content (AvgIpc) is 2.24. The van der Waals surface area contributed by atoms with Gasteiger partial charge in [-0.15, -0.1) is 11.6 Å². The molecule has 112 valence electrons. The highest BCUT2D eigenvalue weighted by atomic mass is 35.5. The zero-order valence-corrected chi connectivity index (χ0v) is 11.4. The highest BCUT2D eigenvalue weighted by Gasteiger charge is 2.40. The topological polar surface area (TPSA) is 132 Å². The van der Waals surface area contributed by atoms with Crippen molar-refractivity contribution in [1.29, 1.82) is 0 Å². The third kappa shape index (κ3) is 11.5. The smallest absolute Gasteiger partial charge is 0.336 e. The van der Waals surface area contributed by atoms with E-state index in [0.29, 0.717) is 0 Å². The molecule has 0 unspecified atom stereocenters. The van der Waals surface area contributed by atoms with Crippen molar-refractivity contribution in [2.24, 2.45) is 0 Å². The lowest BCUT2D eigenvalue weighted by Crippen LogP contribution is -2.42. The van der Waals surface area contributed by atoms with Crippen LogP contribution < -0.4 is 0 Å². The molecule has 0 saturated heterocycles. The average molecular weight is 299 g/mol. The van der Waals surface area contributed by atoms with Gasteiger partial charge < -0.3 is 20.4 Å². The summed E-state index contributed by atoms with van der Waals surface area (Å²) in [6.45, 7) is 2.17. The second-order valence-electron chi connectivity index (χ2n) is 3.87. The van der Waals surface area contributed by atoms with E-state index in [1.165, 1.54) is 19.3 Å². The predicted octanol–water partition coefficient (Wildman–Crippen LogP) is 1.17. The molecule has 8 heteroatoms. The van der Waals surface area contributed by atoms with E-state index >= 15 is 0 Å². The molecule has 0 radical (unpaired) electrons. The molecule has 0 bridgehead atoms. The second kappa shape index (κ2) is 10.6. The molecular weight excluding hydrogens is 280 g/mol. The highest BCUT2D eigenvalue weighted by Crippen LogP contribution is 2.15. The number of carbonyl (C=O) groups is 3. The molecule has 19 heavy (non-hydrogen) atoms. The minimum atomic E-state index is -2.74. The molecule has 0 aromatic rings. The molecule has 0 aliphatic heterocycles. The van der Waals surface area contributed by atoms with E-state index in [1.807, 2.05) is 0 Å². The Morgan fingerprint density at radius 2 is 1.42 bits per heavy atom. The Morgan fingerprint density at radius 3 is 1.58 bits per heavy atom. The van der Waals surface area contributed by atoms with Crippen molar-refractivity contribution in [3.05, 3.63) is 0 Å². The number of aliphatic carboxylic acids is 3. The lowest BCUT2D eigenvalue weighted by molar-refractivity contribution is -0.170. The summed E-state index contributed by atoms with van der Waals surface area (Å²) in [5.74, 6) is -4.19. The van der Waals surface area contributed by atoms with Crippen LogP contribution in [0, 0.1) is 0 Å². The Balaban J connectivity index is 0. The number of unbranched alkanes of at least 4 members (excludes halogenated alkanes) is 2.